The minimum Gasteiger partial charge on any atom is -0.457 e. The fraction of sp³-hybridized carbons (Fsp3) is 0. The minimum atomic E-state index is -3.75. The molecule has 0 saturated heterocycles. The number of hydrogen-bond acceptors (Lipinski definition) is 6. The third-order valence-corrected chi connectivity index (χ3v) is 6.11. The monoisotopic (exact) mass is 433 g/mol. The number of nitrogens with zero attached hydrogens (tertiary/aromatic N) is 2. The largest absolute Gasteiger partial charge is 0.457 e. The van der Waals surface area contributed by atoms with E-state index in [0.29, 0.717) is 27.7 Å². The summed E-state index contributed by atoms with van der Waals surface area (Å²) < 4.78 is 28.6. The fourth-order valence-electron chi connectivity index (χ4n) is 2.82. The molecule has 2 heterocycles. The molecule has 0 aliphatic rings. The lowest BCUT2D eigenvalue weighted by molar-refractivity contribution is 0.571. The molecule has 2 N–H and O–H groups in total. The number of rotatable bonds is 5. The third kappa shape index (κ3) is 4.23. The highest BCUT2D eigenvalue weighted by Crippen LogP contribution is 2.29. The van der Waals surface area contributed by atoms with Gasteiger partial charge >= 0.3 is 0 Å². The van der Waals surface area contributed by atoms with Gasteiger partial charge in [0.1, 0.15) is 22.6 Å². The summed E-state index contributed by atoms with van der Waals surface area (Å²) in [4.78, 5) is 4.59. The van der Waals surface area contributed by atoms with Crippen molar-refractivity contribution in [2.75, 3.05) is 0 Å². The predicted octanol–water partition coefficient (Wildman–Crippen LogP) is 4.78. The Kier molecular flexibility index (Phi) is 5.33. The van der Waals surface area contributed by atoms with Gasteiger partial charge in [-0.15, -0.1) is 11.3 Å². The molecule has 4 rings (SSSR count). The first-order valence-electron chi connectivity index (χ1n) is 8.80. The standard InChI is InChI=1S/C22H15N3O3S2/c23-13-17(22-25-20(14-29-22)15-4-2-1-3-5-15)12-18-8-11-21(28-18)16-6-9-19(10-7-16)30(24,26)27/h1-12,14H,(H2,24,26,27)/b17-12+. The second kappa shape index (κ2) is 8.08. The van der Waals surface area contributed by atoms with Crippen molar-refractivity contribution in [3.05, 3.63) is 82.9 Å². The molecular formula is C22H15N3O3S2. The molecule has 0 atom stereocenters. The average Bonchev–Trinajstić information content (AvgIpc) is 3.42. The van der Waals surface area contributed by atoms with Crippen LogP contribution >= 0.6 is 11.3 Å². The van der Waals surface area contributed by atoms with Crippen LogP contribution < -0.4 is 5.14 Å². The van der Waals surface area contributed by atoms with Gasteiger partial charge in [0.25, 0.3) is 0 Å². The number of primary sulfonamides is 1. The van der Waals surface area contributed by atoms with Crippen LogP contribution in [0.3, 0.4) is 0 Å². The molecule has 0 aliphatic heterocycles. The molecule has 4 aromatic rings. The predicted molar refractivity (Wildman–Crippen MR) is 117 cm³/mol. The molecule has 0 spiro atoms. The highest BCUT2D eigenvalue weighted by molar-refractivity contribution is 7.89. The Morgan fingerprint density at radius 3 is 2.43 bits per heavy atom. The van der Waals surface area contributed by atoms with Crippen LogP contribution in [0.4, 0.5) is 0 Å². The molecule has 8 heteroatoms. The zero-order valence-electron chi connectivity index (χ0n) is 15.5. The van der Waals surface area contributed by atoms with E-state index < -0.39 is 10.0 Å². The van der Waals surface area contributed by atoms with E-state index in [1.807, 2.05) is 35.7 Å². The molecule has 2 aromatic carbocycles. The highest BCUT2D eigenvalue weighted by Gasteiger charge is 2.12. The van der Waals surface area contributed by atoms with Gasteiger partial charge in [0.2, 0.25) is 10.0 Å². The van der Waals surface area contributed by atoms with Gasteiger partial charge in [0.05, 0.1) is 16.2 Å². The second-order valence-electron chi connectivity index (χ2n) is 6.35. The summed E-state index contributed by atoms with van der Waals surface area (Å²) in [7, 11) is -3.75. The fourth-order valence-corrected chi connectivity index (χ4v) is 4.13. The molecule has 0 amide bonds. The van der Waals surface area contributed by atoms with Crippen molar-refractivity contribution in [2.24, 2.45) is 5.14 Å². The lowest BCUT2D eigenvalue weighted by atomic mass is 10.2. The maximum absolute atomic E-state index is 11.4. The Labute approximate surface area is 177 Å². The number of furan rings is 1. The lowest BCUT2D eigenvalue weighted by Gasteiger charge is -2.00. The summed E-state index contributed by atoms with van der Waals surface area (Å²) in [5.41, 5.74) is 2.89. The quantitative estimate of drug-likeness (QED) is 0.455. The van der Waals surface area contributed by atoms with Gasteiger partial charge in [0, 0.05) is 22.6 Å². The summed E-state index contributed by atoms with van der Waals surface area (Å²) >= 11 is 1.39. The molecule has 0 aliphatic carbocycles. The second-order valence-corrected chi connectivity index (χ2v) is 8.76. The van der Waals surface area contributed by atoms with Gasteiger partial charge < -0.3 is 4.42 Å². The van der Waals surface area contributed by atoms with Crippen LogP contribution in [0.1, 0.15) is 10.8 Å². The minimum absolute atomic E-state index is 0.0303. The van der Waals surface area contributed by atoms with Gasteiger partial charge in [-0.3, -0.25) is 0 Å². The number of sulfonamides is 1. The van der Waals surface area contributed by atoms with E-state index in [9.17, 15) is 13.7 Å². The van der Waals surface area contributed by atoms with Crippen molar-refractivity contribution in [2.45, 2.75) is 4.90 Å². The number of allylic oxidation sites excluding steroid dienone is 1. The van der Waals surface area contributed by atoms with Gasteiger partial charge in [0.15, 0.2) is 0 Å². The van der Waals surface area contributed by atoms with E-state index in [2.05, 4.69) is 11.1 Å². The molecular weight excluding hydrogens is 418 g/mol. The van der Waals surface area contributed by atoms with Crippen LogP contribution in [-0.2, 0) is 10.0 Å². The van der Waals surface area contributed by atoms with E-state index in [1.54, 1.807) is 30.3 Å². The van der Waals surface area contributed by atoms with Crippen molar-refractivity contribution in [1.82, 2.24) is 4.98 Å². The topological polar surface area (TPSA) is 110 Å². The third-order valence-electron chi connectivity index (χ3n) is 4.31. The molecule has 0 fully saturated rings. The van der Waals surface area contributed by atoms with Crippen LogP contribution in [0.15, 0.2) is 81.4 Å². The number of thiazole rings is 1. The van der Waals surface area contributed by atoms with Gasteiger partial charge in [-0.05, 0) is 36.4 Å². The maximum Gasteiger partial charge on any atom is 0.238 e. The van der Waals surface area contributed by atoms with Crippen molar-refractivity contribution in [3.8, 4) is 28.7 Å². The molecule has 0 unspecified atom stereocenters. The SMILES string of the molecule is N#C/C(=C\c1ccc(-c2ccc(S(N)(=O)=O)cc2)o1)c1nc(-c2ccccc2)cs1. The smallest absolute Gasteiger partial charge is 0.238 e. The van der Waals surface area contributed by atoms with Crippen molar-refractivity contribution in [3.63, 3.8) is 0 Å². The Bertz CT molecular complexity index is 1360. The normalized spacial score (nSPS) is 11.9. The van der Waals surface area contributed by atoms with Gasteiger partial charge in [-0.1, -0.05) is 30.3 Å². The van der Waals surface area contributed by atoms with E-state index in [1.165, 1.54) is 23.5 Å². The van der Waals surface area contributed by atoms with Crippen LogP contribution in [0.5, 0.6) is 0 Å². The Hall–Kier alpha value is -3.51. The number of hydrogen-bond donors (Lipinski definition) is 1. The number of nitriles is 1. The van der Waals surface area contributed by atoms with Crippen molar-refractivity contribution < 1.29 is 12.8 Å². The van der Waals surface area contributed by atoms with E-state index >= 15 is 0 Å². The first kappa shape index (κ1) is 19.8. The Morgan fingerprint density at radius 2 is 1.77 bits per heavy atom. The average molecular weight is 434 g/mol. The zero-order chi connectivity index (χ0) is 21.1. The first-order chi connectivity index (χ1) is 14.4. The van der Waals surface area contributed by atoms with Crippen LogP contribution in [0, 0.1) is 11.3 Å². The molecule has 6 nitrogen and oxygen atoms in total. The summed E-state index contributed by atoms with van der Waals surface area (Å²) in [6.07, 6.45) is 1.63. The van der Waals surface area contributed by atoms with E-state index in [0.717, 1.165) is 11.3 Å². The Morgan fingerprint density at radius 1 is 1.03 bits per heavy atom. The zero-order valence-corrected chi connectivity index (χ0v) is 17.2. The number of benzene rings is 2. The van der Waals surface area contributed by atoms with Crippen LogP contribution in [0.2, 0.25) is 0 Å². The number of nitrogens with two attached hydrogens (primary N) is 1. The van der Waals surface area contributed by atoms with Crippen LogP contribution in [0.25, 0.3) is 34.2 Å². The summed E-state index contributed by atoms with van der Waals surface area (Å²) in [6, 6.07) is 21.5. The first-order valence-corrected chi connectivity index (χ1v) is 11.2. The van der Waals surface area contributed by atoms with Gasteiger partial charge in [-0.2, -0.15) is 5.26 Å². The summed E-state index contributed by atoms with van der Waals surface area (Å²) in [5, 5.41) is 17.2. The van der Waals surface area contributed by atoms with Crippen molar-refractivity contribution >= 4 is 33.0 Å². The molecule has 30 heavy (non-hydrogen) atoms. The molecule has 0 bridgehead atoms. The Balaban J connectivity index is 1.60. The van der Waals surface area contributed by atoms with Gasteiger partial charge in [-0.25, -0.2) is 18.5 Å². The molecule has 0 radical (unpaired) electrons. The van der Waals surface area contributed by atoms with E-state index in [-0.39, 0.29) is 4.90 Å². The summed E-state index contributed by atoms with van der Waals surface area (Å²) in [6.45, 7) is 0. The summed E-state index contributed by atoms with van der Waals surface area (Å²) in [5.74, 6) is 1.04. The molecule has 148 valence electrons. The van der Waals surface area contributed by atoms with Crippen LogP contribution in [-0.4, -0.2) is 13.4 Å². The lowest BCUT2D eigenvalue weighted by Crippen LogP contribution is -2.11. The highest BCUT2D eigenvalue weighted by atomic mass is 32.2. The van der Waals surface area contributed by atoms with E-state index in [4.69, 9.17) is 9.56 Å². The molecule has 2 aromatic heterocycles. The van der Waals surface area contributed by atoms with Crippen molar-refractivity contribution in [1.29, 1.82) is 5.26 Å². The maximum atomic E-state index is 11.4. The molecule has 0 saturated carbocycles. The number of aromatic nitrogens is 1.